The van der Waals surface area contributed by atoms with Crippen molar-refractivity contribution in [2.75, 3.05) is 11.4 Å². The Morgan fingerprint density at radius 1 is 0.960 bits per heavy atom. The summed E-state index contributed by atoms with van der Waals surface area (Å²) in [6.07, 6.45) is 1.72. The fourth-order valence-electron chi connectivity index (χ4n) is 2.54. The zero-order valence-electron chi connectivity index (χ0n) is 13.4. The van der Waals surface area contributed by atoms with Crippen LogP contribution in [0.4, 0.5) is 5.82 Å². The zero-order chi connectivity index (χ0) is 17.6. The average molecular weight is 371 g/mol. The van der Waals surface area contributed by atoms with Crippen molar-refractivity contribution in [3.8, 4) is 0 Å². The van der Waals surface area contributed by atoms with Gasteiger partial charge in [-0.3, -0.25) is 4.79 Å². The Labute approximate surface area is 156 Å². The molecule has 126 valence electrons. The number of rotatable bonds is 6. The molecule has 0 amide bonds. The number of Topliss-reactive ketones (excluding diaryl/α,β-unsaturated/α-hetero) is 1. The number of anilines is 1. The van der Waals surface area contributed by atoms with E-state index in [9.17, 15) is 4.79 Å². The zero-order valence-corrected chi connectivity index (χ0v) is 14.9. The van der Waals surface area contributed by atoms with E-state index < -0.39 is 0 Å². The van der Waals surface area contributed by atoms with Gasteiger partial charge in [0.05, 0.1) is 11.6 Å². The SMILES string of the molecule is O=C(CN(Cc1ccccc1)c1ccccn1)c1ccc(Cl)cc1Cl. The lowest BCUT2D eigenvalue weighted by molar-refractivity contribution is 0.0998. The number of ketones is 1. The molecule has 0 aliphatic rings. The molecule has 0 saturated carbocycles. The van der Waals surface area contributed by atoms with E-state index in [0.717, 1.165) is 11.4 Å². The molecule has 0 fully saturated rings. The third-order valence-electron chi connectivity index (χ3n) is 3.76. The molecule has 0 bridgehead atoms. The van der Waals surface area contributed by atoms with Gasteiger partial charge in [0.15, 0.2) is 5.78 Å². The van der Waals surface area contributed by atoms with Crippen LogP contribution >= 0.6 is 23.2 Å². The van der Waals surface area contributed by atoms with Crippen molar-refractivity contribution in [3.63, 3.8) is 0 Å². The molecule has 0 unspecified atom stereocenters. The fourth-order valence-corrected chi connectivity index (χ4v) is 3.05. The Balaban J connectivity index is 1.85. The molecule has 3 aromatic rings. The Morgan fingerprint density at radius 3 is 2.40 bits per heavy atom. The number of pyridine rings is 1. The molecule has 0 N–H and O–H groups in total. The second kappa shape index (κ2) is 8.15. The molecule has 3 rings (SSSR count). The minimum Gasteiger partial charge on any atom is -0.345 e. The van der Waals surface area contributed by atoms with Gasteiger partial charge < -0.3 is 4.90 Å². The van der Waals surface area contributed by atoms with Crippen LogP contribution in [0.2, 0.25) is 10.0 Å². The van der Waals surface area contributed by atoms with Gasteiger partial charge in [-0.05, 0) is 35.9 Å². The maximum atomic E-state index is 12.8. The van der Waals surface area contributed by atoms with Gasteiger partial charge >= 0.3 is 0 Å². The Bertz CT molecular complexity index is 854. The lowest BCUT2D eigenvalue weighted by atomic mass is 10.1. The first-order chi connectivity index (χ1) is 12.1. The second-order valence-corrected chi connectivity index (χ2v) is 6.42. The first kappa shape index (κ1) is 17.5. The molecule has 5 heteroatoms. The lowest BCUT2D eigenvalue weighted by Crippen LogP contribution is -2.30. The number of nitrogens with zero attached hydrogens (tertiary/aromatic N) is 2. The quantitative estimate of drug-likeness (QED) is 0.553. The number of hydrogen-bond donors (Lipinski definition) is 0. The van der Waals surface area contributed by atoms with Crippen LogP contribution in [0.5, 0.6) is 0 Å². The van der Waals surface area contributed by atoms with Gasteiger partial charge in [-0.1, -0.05) is 59.6 Å². The molecule has 0 radical (unpaired) electrons. The minimum absolute atomic E-state index is 0.0803. The Morgan fingerprint density at radius 2 is 1.72 bits per heavy atom. The van der Waals surface area contributed by atoms with Crippen LogP contribution in [0, 0.1) is 0 Å². The van der Waals surface area contributed by atoms with Crippen LogP contribution in [-0.4, -0.2) is 17.3 Å². The van der Waals surface area contributed by atoms with Gasteiger partial charge in [0.25, 0.3) is 0 Å². The van der Waals surface area contributed by atoms with E-state index in [1.807, 2.05) is 53.4 Å². The number of hydrogen-bond acceptors (Lipinski definition) is 3. The monoisotopic (exact) mass is 370 g/mol. The smallest absolute Gasteiger partial charge is 0.183 e. The van der Waals surface area contributed by atoms with Gasteiger partial charge in [-0.25, -0.2) is 4.98 Å². The first-order valence-corrected chi connectivity index (χ1v) is 8.57. The molecule has 0 atom stereocenters. The van der Waals surface area contributed by atoms with Crippen LogP contribution in [0.15, 0.2) is 72.9 Å². The van der Waals surface area contributed by atoms with Crippen molar-refractivity contribution < 1.29 is 4.79 Å². The lowest BCUT2D eigenvalue weighted by Gasteiger charge is -2.23. The third-order valence-corrected chi connectivity index (χ3v) is 4.30. The summed E-state index contributed by atoms with van der Waals surface area (Å²) in [4.78, 5) is 19.1. The summed E-state index contributed by atoms with van der Waals surface area (Å²) in [5, 5.41) is 0.866. The molecular weight excluding hydrogens is 355 g/mol. The highest BCUT2D eigenvalue weighted by Crippen LogP contribution is 2.23. The Hall–Kier alpha value is -2.36. The number of aromatic nitrogens is 1. The summed E-state index contributed by atoms with van der Waals surface area (Å²) in [5.41, 5.74) is 1.56. The highest BCUT2D eigenvalue weighted by atomic mass is 35.5. The fraction of sp³-hybridized carbons (Fsp3) is 0.100. The number of carbonyl (C=O) groups is 1. The first-order valence-electron chi connectivity index (χ1n) is 7.81. The van der Waals surface area contributed by atoms with E-state index in [0.29, 0.717) is 22.2 Å². The molecule has 0 aliphatic heterocycles. The van der Waals surface area contributed by atoms with Gasteiger partial charge in [-0.15, -0.1) is 0 Å². The van der Waals surface area contributed by atoms with Crippen molar-refractivity contribution >= 4 is 34.8 Å². The molecule has 1 heterocycles. The Kier molecular flexibility index (Phi) is 5.69. The maximum Gasteiger partial charge on any atom is 0.183 e. The van der Waals surface area contributed by atoms with E-state index in [2.05, 4.69) is 4.98 Å². The van der Waals surface area contributed by atoms with Crippen LogP contribution in [0.1, 0.15) is 15.9 Å². The molecule has 25 heavy (non-hydrogen) atoms. The number of halogens is 2. The number of benzene rings is 2. The minimum atomic E-state index is -0.0803. The summed E-state index contributed by atoms with van der Waals surface area (Å²) in [5.74, 6) is 0.660. The highest BCUT2D eigenvalue weighted by molar-refractivity contribution is 6.36. The summed E-state index contributed by atoms with van der Waals surface area (Å²) in [7, 11) is 0. The van der Waals surface area contributed by atoms with Gasteiger partial charge in [0.1, 0.15) is 5.82 Å². The largest absolute Gasteiger partial charge is 0.345 e. The summed E-state index contributed by atoms with van der Waals surface area (Å²) in [6, 6.07) is 20.5. The van der Waals surface area contributed by atoms with E-state index in [1.165, 1.54) is 0 Å². The van der Waals surface area contributed by atoms with Crippen molar-refractivity contribution in [1.29, 1.82) is 0 Å². The normalized spacial score (nSPS) is 10.5. The highest BCUT2D eigenvalue weighted by Gasteiger charge is 2.17. The third kappa shape index (κ3) is 4.59. The van der Waals surface area contributed by atoms with Crippen molar-refractivity contribution in [2.24, 2.45) is 0 Å². The predicted molar refractivity (Wildman–Crippen MR) is 103 cm³/mol. The molecule has 0 spiro atoms. The van der Waals surface area contributed by atoms with E-state index >= 15 is 0 Å². The summed E-state index contributed by atoms with van der Waals surface area (Å²) in [6.45, 7) is 0.752. The standard InChI is InChI=1S/C20H16Cl2N2O/c21-16-9-10-17(18(22)12-16)19(25)14-24(20-8-4-5-11-23-20)13-15-6-2-1-3-7-15/h1-12H,13-14H2. The van der Waals surface area contributed by atoms with E-state index in [-0.39, 0.29) is 12.3 Å². The molecule has 2 aromatic carbocycles. The molecule has 0 aliphatic carbocycles. The molecule has 0 saturated heterocycles. The van der Waals surface area contributed by atoms with Crippen molar-refractivity contribution in [3.05, 3.63) is 94.1 Å². The van der Waals surface area contributed by atoms with E-state index in [1.54, 1.807) is 24.4 Å². The second-order valence-electron chi connectivity index (χ2n) is 5.58. The van der Waals surface area contributed by atoms with Crippen molar-refractivity contribution in [1.82, 2.24) is 4.98 Å². The van der Waals surface area contributed by atoms with Gasteiger partial charge in [0.2, 0.25) is 0 Å². The van der Waals surface area contributed by atoms with E-state index in [4.69, 9.17) is 23.2 Å². The summed E-state index contributed by atoms with van der Waals surface area (Å²) >= 11 is 12.1. The van der Waals surface area contributed by atoms with Crippen LogP contribution in [0.25, 0.3) is 0 Å². The molecular formula is C20H16Cl2N2O. The number of carbonyl (C=O) groups excluding carboxylic acids is 1. The van der Waals surface area contributed by atoms with Crippen LogP contribution in [0.3, 0.4) is 0 Å². The van der Waals surface area contributed by atoms with Gasteiger partial charge in [-0.2, -0.15) is 0 Å². The summed E-state index contributed by atoms with van der Waals surface area (Å²) < 4.78 is 0. The topological polar surface area (TPSA) is 33.2 Å². The molecule has 3 nitrogen and oxygen atoms in total. The van der Waals surface area contributed by atoms with Crippen molar-refractivity contribution in [2.45, 2.75) is 6.54 Å². The van der Waals surface area contributed by atoms with Gasteiger partial charge in [0, 0.05) is 23.3 Å². The van der Waals surface area contributed by atoms with Crippen LogP contribution in [-0.2, 0) is 6.54 Å². The van der Waals surface area contributed by atoms with Crippen LogP contribution < -0.4 is 4.90 Å². The predicted octanol–water partition coefficient (Wildman–Crippen LogP) is 5.28. The maximum absolute atomic E-state index is 12.8. The molecule has 1 aromatic heterocycles. The average Bonchev–Trinajstić information content (AvgIpc) is 2.62.